The molecule has 0 amide bonds. The molecule has 0 atom stereocenters. The number of rotatable bonds is 6. The summed E-state index contributed by atoms with van der Waals surface area (Å²) in [5, 5.41) is 0. The molecular formula is C16H42N2O. The van der Waals surface area contributed by atoms with Crippen LogP contribution in [0.5, 0.6) is 0 Å². The van der Waals surface area contributed by atoms with Gasteiger partial charge in [-0.15, -0.1) is 0 Å². The van der Waals surface area contributed by atoms with Crippen LogP contribution in [0.3, 0.4) is 0 Å². The molecule has 0 saturated carbocycles. The number of nitrogens with zero attached hydrogens (tertiary/aromatic N) is 2. The first-order valence-corrected chi connectivity index (χ1v) is 7.68. The highest BCUT2D eigenvalue weighted by molar-refractivity contribution is 4.46. The van der Waals surface area contributed by atoms with Gasteiger partial charge in [-0.1, -0.05) is 41.5 Å². The molecule has 0 fully saturated rings. The van der Waals surface area contributed by atoms with Crippen molar-refractivity contribution in [3.63, 3.8) is 0 Å². The summed E-state index contributed by atoms with van der Waals surface area (Å²) >= 11 is 0. The Labute approximate surface area is 124 Å². The Morgan fingerprint density at radius 1 is 0.789 bits per heavy atom. The van der Waals surface area contributed by atoms with Gasteiger partial charge in [0.25, 0.3) is 0 Å². The van der Waals surface area contributed by atoms with E-state index in [1.807, 2.05) is 27.7 Å². The molecule has 0 saturated heterocycles. The Kier molecular flexibility index (Phi) is 37.9. The van der Waals surface area contributed by atoms with E-state index in [0.29, 0.717) is 0 Å². The molecule has 3 nitrogen and oxygen atoms in total. The number of hydrogen-bond acceptors (Lipinski definition) is 3. The smallest absolute Gasteiger partial charge is 0.0464 e. The second-order valence-electron chi connectivity index (χ2n) is 4.78. The van der Waals surface area contributed by atoms with E-state index < -0.39 is 0 Å². The summed E-state index contributed by atoms with van der Waals surface area (Å²) in [5.41, 5.74) is 0. The van der Waals surface area contributed by atoms with E-state index >= 15 is 0 Å². The fraction of sp³-hybridized carbons (Fsp3) is 1.00. The summed E-state index contributed by atoms with van der Waals surface area (Å²) in [6.45, 7) is 15.6. The first-order valence-electron chi connectivity index (χ1n) is 7.68. The Balaban J connectivity index is -0.0000000941. The maximum atomic E-state index is 4.85. The van der Waals surface area contributed by atoms with Crippen molar-refractivity contribution in [3.8, 4) is 0 Å². The number of hydrogen-bond donors (Lipinski definition) is 0. The topological polar surface area (TPSA) is 15.7 Å². The van der Waals surface area contributed by atoms with Crippen LogP contribution >= 0.6 is 0 Å². The molecule has 0 aliphatic carbocycles. The minimum Gasteiger partial charge on any atom is -0.385 e. The first-order chi connectivity index (χ1) is 8.90. The zero-order valence-electron chi connectivity index (χ0n) is 15.7. The summed E-state index contributed by atoms with van der Waals surface area (Å²) in [6.07, 6.45) is 1.18. The molecule has 19 heavy (non-hydrogen) atoms. The van der Waals surface area contributed by atoms with Crippen LogP contribution in [0.4, 0.5) is 0 Å². The minimum absolute atomic E-state index is 0.778. The van der Waals surface area contributed by atoms with Crippen molar-refractivity contribution < 1.29 is 4.74 Å². The summed E-state index contributed by atoms with van der Waals surface area (Å²) in [5.74, 6) is 0.778. The maximum absolute atomic E-state index is 4.85. The number of methoxy groups -OCH3 is 1. The van der Waals surface area contributed by atoms with E-state index in [0.717, 1.165) is 25.6 Å². The van der Waals surface area contributed by atoms with Crippen molar-refractivity contribution in [2.45, 2.75) is 48.0 Å². The van der Waals surface area contributed by atoms with Crippen LogP contribution in [-0.4, -0.2) is 64.8 Å². The Hall–Kier alpha value is -0.120. The number of likely N-dealkylation sites (N-methyl/N-ethyl adjacent to an activating group) is 2. The fourth-order valence-corrected chi connectivity index (χ4v) is 0.754. The average molecular weight is 279 g/mol. The molecule has 0 aromatic carbocycles. The van der Waals surface area contributed by atoms with Crippen LogP contribution in [0, 0.1) is 5.92 Å². The average Bonchev–Trinajstić information content (AvgIpc) is 2.39. The lowest BCUT2D eigenvalue weighted by Gasteiger charge is -2.13. The molecule has 0 rings (SSSR count). The molecule has 0 radical (unpaired) electrons. The molecule has 0 heterocycles. The van der Waals surface area contributed by atoms with Crippen molar-refractivity contribution in [3.05, 3.63) is 0 Å². The lowest BCUT2D eigenvalue weighted by Crippen LogP contribution is -2.25. The highest BCUT2D eigenvalue weighted by Crippen LogP contribution is 1.96. The third-order valence-electron chi connectivity index (χ3n) is 1.89. The minimum atomic E-state index is 0.778. The molecule has 0 N–H and O–H groups in total. The standard InChI is InChI=1S/C6H16N2.C6H14O.2C2H6/c1-7(2)5-6-8(3)4;1-6(2)4-5-7-3;2*1-2/h5-6H2,1-4H3;6H,4-5H2,1-3H3;2*1-2H3. The van der Waals surface area contributed by atoms with Crippen LogP contribution in [0.15, 0.2) is 0 Å². The van der Waals surface area contributed by atoms with Gasteiger partial charge in [0.15, 0.2) is 0 Å². The van der Waals surface area contributed by atoms with Gasteiger partial charge in [-0.05, 0) is 40.5 Å². The zero-order chi connectivity index (χ0) is 16.3. The van der Waals surface area contributed by atoms with E-state index in [-0.39, 0.29) is 0 Å². The zero-order valence-corrected chi connectivity index (χ0v) is 15.7. The van der Waals surface area contributed by atoms with Crippen LogP contribution in [-0.2, 0) is 4.74 Å². The monoisotopic (exact) mass is 278 g/mol. The van der Waals surface area contributed by atoms with Crippen LogP contribution in [0.25, 0.3) is 0 Å². The largest absolute Gasteiger partial charge is 0.385 e. The van der Waals surface area contributed by atoms with Crippen molar-refractivity contribution in [2.24, 2.45) is 5.92 Å². The predicted molar refractivity (Wildman–Crippen MR) is 91.1 cm³/mol. The lowest BCUT2D eigenvalue weighted by atomic mass is 10.1. The van der Waals surface area contributed by atoms with E-state index in [1.165, 1.54) is 6.42 Å². The lowest BCUT2D eigenvalue weighted by molar-refractivity contribution is 0.183. The number of ether oxygens (including phenoxy) is 1. The quantitative estimate of drug-likeness (QED) is 0.734. The summed E-state index contributed by atoms with van der Waals surface area (Å²) < 4.78 is 4.85. The normalized spacial score (nSPS) is 9.16. The second kappa shape index (κ2) is 26.4. The molecule has 0 aromatic heterocycles. The molecule has 122 valence electrons. The van der Waals surface area contributed by atoms with Crippen LogP contribution < -0.4 is 0 Å². The van der Waals surface area contributed by atoms with Gasteiger partial charge in [-0.2, -0.15) is 0 Å². The second-order valence-corrected chi connectivity index (χ2v) is 4.78. The van der Waals surface area contributed by atoms with E-state index in [4.69, 9.17) is 4.74 Å². The third kappa shape index (κ3) is 57.2. The van der Waals surface area contributed by atoms with E-state index in [1.54, 1.807) is 7.11 Å². The SMILES string of the molecule is CC.CC.CN(C)CCN(C)C.COCCC(C)C. The Bertz CT molecular complexity index is 107. The fourth-order valence-electron chi connectivity index (χ4n) is 0.754. The third-order valence-corrected chi connectivity index (χ3v) is 1.89. The molecule has 0 aliphatic heterocycles. The van der Waals surface area contributed by atoms with E-state index in [2.05, 4.69) is 51.8 Å². The Morgan fingerprint density at radius 3 is 1.21 bits per heavy atom. The maximum Gasteiger partial charge on any atom is 0.0464 e. The van der Waals surface area contributed by atoms with Crippen molar-refractivity contribution in [2.75, 3.05) is 55.0 Å². The van der Waals surface area contributed by atoms with Crippen molar-refractivity contribution >= 4 is 0 Å². The molecule has 0 spiro atoms. The van der Waals surface area contributed by atoms with Gasteiger partial charge in [0.1, 0.15) is 0 Å². The van der Waals surface area contributed by atoms with Gasteiger partial charge in [0.05, 0.1) is 0 Å². The molecule has 3 heteroatoms. The van der Waals surface area contributed by atoms with Crippen LogP contribution in [0.1, 0.15) is 48.0 Å². The highest BCUT2D eigenvalue weighted by atomic mass is 16.5. The Morgan fingerprint density at radius 2 is 1.11 bits per heavy atom. The van der Waals surface area contributed by atoms with Crippen LogP contribution in [0.2, 0.25) is 0 Å². The summed E-state index contributed by atoms with van der Waals surface area (Å²) in [6, 6.07) is 0. The van der Waals surface area contributed by atoms with Crippen molar-refractivity contribution in [1.82, 2.24) is 9.80 Å². The molecule has 0 unspecified atom stereocenters. The van der Waals surface area contributed by atoms with E-state index in [9.17, 15) is 0 Å². The van der Waals surface area contributed by atoms with Crippen molar-refractivity contribution in [1.29, 1.82) is 0 Å². The van der Waals surface area contributed by atoms with Gasteiger partial charge in [-0.3, -0.25) is 0 Å². The van der Waals surface area contributed by atoms with Gasteiger partial charge in [-0.25, -0.2) is 0 Å². The summed E-state index contributed by atoms with van der Waals surface area (Å²) in [4.78, 5) is 4.36. The summed E-state index contributed by atoms with van der Waals surface area (Å²) in [7, 11) is 10.1. The van der Waals surface area contributed by atoms with Gasteiger partial charge in [0.2, 0.25) is 0 Å². The van der Waals surface area contributed by atoms with Gasteiger partial charge < -0.3 is 14.5 Å². The highest BCUT2D eigenvalue weighted by Gasteiger charge is 1.89. The first kappa shape index (κ1) is 27.3. The molecule has 0 aromatic rings. The van der Waals surface area contributed by atoms with Gasteiger partial charge in [0, 0.05) is 26.8 Å². The molecule has 0 aliphatic rings. The molecular weight excluding hydrogens is 236 g/mol. The molecule has 0 bridgehead atoms. The predicted octanol–water partition coefficient (Wildman–Crippen LogP) is 3.84. The van der Waals surface area contributed by atoms with Gasteiger partial charge >= 0.3 is 0 Å².